The minimum atomic E-state index is -1.04. The number of rotatable bonds is 7. The van der Waals surface area contributed by atoms with E-state index >= 15 is 0 Å². The zero-order valence-electron chi connectivity index (χ0n) is 17.6. The van der Waals surface area contributed by atoms with Crippen molar-refractivity contribution >= 4 is 33.3 Å². The van der Waals surface area contributed by atoms with Crippen molar-refractivity contribution in [3.8, 4) is 16.5 Å². The highest BCUT2D eigenvalue weighted by molar-refractivity contribution is 7.21. The fourth-order valence-electron chi connectivity index (χ4n) is 4.14. The molecular weight excluding hydrogens is 432 g/mol. The molecule has 3 aromatic rings. The van der Waals surface area contributed by atoms with Gasteiger partial charge in [-0.05, 0) is 38.2 Å². The lowest BCUT2D eigenvalue weighted by molar-refractivity contribution is 0.00446. The molecule has 0 saturated heterocycles. The normalized spacial score (nSPS) is 25.4. The summed E-state index contributed by atoms with van der Waals surface area (Å²) < 4.78 is 0.783. The third-order valence-electron chi connectivity index (χ3n) is 6.20. The number of aryl methyl sites for hydroxylation is 1. The number of pyridine rings is 1. The second kappa shape index (κ2) is 8.39. The molecule has 170 valence electrons. The summed E-state index contributed by atoms with van der Waals surface area (Å²) in [4.78, 5) is 17.8. The van der Waals surface area contributed by atoms with E-state index in [0.29, 0.717) is 45.9 Å². The largest absolute Gasteiger partial charge is 0.492 e. The lowest BCUT2D eigenvalue weighted by Gasteiger charge is -2.21. The summed E-state index contributed by atoms with van der Waals surface area (Å²) in [6.07, 6.45) is 2.28. The molecule has 2 fully saturated rings. The number of aliphatic hydroxyl groups is 3. The summed E-state index contributed by atoms with van der Waals surface area (Å²) >= 11 is 1.39. The van der Waals surface area contributed by atoms with Crippen LogP contribution < -0.4 is 10.6 Å². The van der Waals surface area contributed by atoms with Gasteiger partial charge < -0.3 is 31.1 Å². The highest BCUT2D eigenvalue weighted by Gasteiger charge is 2.41. The molecule has 0 bridgehead atoms. The average Bonchev–Trinajstić information content (AvgIpc) is 3.44. The molecule has 2 saturated carbocycles. The summed E-state index contributed by atoms with van der Waals surface area (Å²) in [5, 5.41) is 47.5. The Balaban J connectivity index is 1.54. The van der Waals surface area contributed by atoms with E-state index in [9.17, 15) is 20.4 Å². The van der Waals surface area contributed by atoms with Gasteiger partial charge in [0, 0.05) is 25.3 Å². The quantitative estimate of drug-likeness (QED) is 0.307. The summed E-state index contributed by atoms with van der Waals surface area (Å²) in [5.41, 5.74) is 1.77. The fraction of sp³-hybridized carbons (Fsp3) is 0.524. The number of nitrogens with zero attached hydrogens (tertiary/aromatic N) is 4. The van der Waals surface area contributed by atoms with Crippen LogP contribution in [0, 0.1) is 18.8 Å². The summed E-state index contributed by atoms with van der Waals surface area (Å²) in [6.45, 7) is 2.46. The molecule has 2 aliphatic rings. The summed E-state index contributed by atoms with van der Waals surface area (Å²) in [5.74, 6) is 1.06. The van der Waals surface area contributed by atoms with Crippen molar-refractivity contribution in [3.63, 3.8) is 0 Å². The zero-order chi connectivity index (χ0) is 22.4. The van der Waals surface area contributed by atoms with E-state index < -0.39 is 24.2 Å². The van der Waals surface area contributed by atoms with Crippen molar-refractivity contribution in [1.82, 2.24) is 19.9 Å². The summed E-state index contributed by atoms with van der Waals surface area (Å²) in [6, 6.07) is 1.30. The maximum Gasteiger partial charge on any atom is 0.238 e. The third-order valence-corrected chi connectivity index (χ3v) is 7.23. The van der Waals surface area contributed by atoms with Gasteiger partial charge in [0.1, 0.15) is 22.4 Å². The Morgan fingerprint density at radius 1 is 1.16 bits per heavy atom. The van der Waals surface area contributed by atoms with Gasteiger partial charge in [-0.3, -0.25) is 0 Å². The van der Waals surface area contributed by atoms with Gasteiger partial charge >= 0.3 is 0 Å². The van der Waals surface area contributed by atoms with Crippen LogP contribution in [0.25, 0.3) is 20.8 Å². The van der Waals surface area contributed by atoms with Crippen molar-refractivity contribution in [1.29, 1.82) is 0 Å². The molecule has 0 radical (unpaired) electrons. The number of aromatic nitrogens is 4. The second-order valence-electron chi connectivity index (χ2n) is 8.59. The molecule has 5 rings (SSSR count). The van der Waals surface area contributed by atoms with Crippen LogP contribution in [0.2, 0.25) is 0 Å². The van der Waals surface area contributed by atoms with Crippen LogP contribution in [0.4, 0.5) is 11.8 Å². The molecule has 6 N–H and O–H groups in total. The number of hydrogen-bond donors (Lipinski definition) is 6. The van der Waals surface area contributed by atoms with Crippen LogP contribution in [0.3, 0.4) is 0 Å². The lowest BCUT2D eigenvalue weighted by atomic mass is 10.1. The molecule has 32 heavy (non-hydrogen) atoms. The Kier molecular flexibility index (Phi) is 5.58. The molecular formula is C21H26N6O4S. The van der Waals surface area contributed by atoms with Crippen LogP contribution in [-0.4, -0.2) is 71.8 Å². The highest BCUT2D eigenvalue weighted by Crippen LogP contribution is 2.39. The smallest absolute Gasteiger partial charge is 0.238 e. The molecule has 0 spiro atoms. The number of hydrogen-bond acceptors (Lipinski definition) is 11. The molecule has 4 atom stereocenters. The number of aromatic hydroxyl groups is 1. The second-order valence-corrected chi connectivity index (χ2v) is 9.62. The Morgan fingerprint density at radius 3 is 2.66 bits per heavy atom. The standard InChI is InChI=1S/C21H26N6O4S/c1-9-14(20-26-15-13(32-20)4-5-22-19(15)31)18(27-21(24-9)23-7-10-2-3-10)25-12-6-11(8-28)16(29)17(12)30/h4-5,10-12,16-17,28-30H,2-3,6-8H2,1H3,(H,22,31)(H2,23,24,25,27)/t11-,12?,16-,17+/m1/s1. The van der Waals surface area contributed by atoms with Crippen molar-refractivity contribution in [2.75, 3.05) is 23.8 Å². The number of anilines is 2. The Morgan fingerprint density at radius 2 is 1.97 bits per heavy atom. The van der Waals surface area contributed by atoms with Gasteiger partial charge in [0.2, 0.25) is 11.8 Å². The van der Waals surface area contributed by atoms with Gasteiger partial charge in [-0.15, -0.1) is 11.3 Å². The molecule has 11 heteroatoms. The SMILES string of the molecule is Cc1nc(NCC2CC2)nc(NC2C[C@H](CO)[C@@H](O)[C@H]2O)c1-c1nc2c(O)nccc2s1. The Labute approximate surface area is 188 Å². The van der Waals surface area contributed by atoms with E-state index in [1.807, 2.05) is 6.92 Å². The first-order chi connectivity index (χ1) is 15.4. The number of thiazole rings is 1. The molecule has 2 aliphatic carbocycles. The van der Waals surface area contributed by atoms with Crippen LogP contribution in [-0.2, 0) is 0 Å². The van der Waals surface area contributed by atoms with E-state index in [2.05, 4.69) is 30.6 Å². The zero-order valence-corrected chi connectivity index (χ0v) is 18.4. The molecule has 0 amide bonds. The molecule has 1 unspecified atom stereocenters. The minimum Gasteiger partial charge on any atom is -0.492 e. The molecule has 10 nitrogen and oxygen atoms in total. The van der Waals surface area contributed by atoms with E-state index in [0.717, 1.165) is 11.2 Å². The monoisotopic (exact) mass is 458 g/mol. The maximum absolute atomic E-state index is 10.5. The lowest BCUT2D eigenvalue weighted by Crippen LogP contribution is -2.35. The maximum atomic E-state index is 10.5. The first-order valence-electron chi connectivity index (χ1n) is 10.8. The van der Waals surface area contributed by atoms with Crippen molar-refractivity contribution < 1.29 is 20.4 Å². The van der Waals surface area contributed by atoms with Gasteiger partial charge in [0.05, 0.1) is 28.1 Å². The van der Waals surface area contributed by atoms with E-state index in [-0.39, 0.29) is 12.5 Å². The van der Waals surface area contributed by atoms with Crippen LogP contribution >= 0.6 is 11.3 Å². The van der Waals surface area contributed by atoms with E-state index in [1.165, 1.54) is 30.4 Å². The van der Waals surface area contributed by atoms with Gasteiger partial charge in [-0.2, -0.15) is 4.98 Å². The van der Waals surface area contributed by atoms with Gasteiger partial charge in [-0.25, -0.2) is 15.0 Å². The van der Waals surface area contributed by atoms with E-state index in [1.54, 1.807) is 6.07 Å². The van der Waals surface area contributed by atoms with Gasteiger partial charge in [0.15, 0.2) is 0 Å². The Hall–Kier alpha value is -2.60. The number of fused-ring (bicyclic) bond motifs is 1. The van der Waals surface area contributed by atoms with Crippen LogP contribution in [0.15, 0.2) is 12.3 Å². The van der Waals surface area contributed by atoms with Crippen molar-refractivity contribution in [2.45, 2.75) is 44.4 Å². The molecule has 0 aliphatic heterocycles. The first-order valence-corrected chi connectivity index (χ1v) is 11.6. The van der Waals surface area contributed by atoms with Crippen LogP contribution in [0.1, 0.15) is 25.0 Å². The molecule has 3 heterocycles. The molecule has 3 aromatic heterocycles. The topological polar surface area (TPSA) is 157 Å². The minimum absolute atomic E-state index is 0.138. The summed E-state index contributed by atoms with van der Waals surface area (Å²) in [7, 11) is 0. The number of aliphatic hydroxyl groups excluding tert-OH is 3. The predicted octanol–water partition coefficient (Wildman–Crippen LogP) is 1.50. The third kappa shape index (κ3) is 3.96. The fourth-order valence-corrected chi connectivity index (χ4v) is 5.20. The van der Waals surface area contributed by atoms with Gasteiger partial charge in [-0.1, -0.05) is 0 Å². The highest BCUT2D eigenvalue weighted by atomic mass is 32.1. The average molecular weight is 459 g/mol. The molecule has 0 aromatic carbocycles. The number of nitrogens with one attached hydrogen (secondary N) is 2. The first kappa shape index (κ1) is 21.3. The van der Waals surface area contributed by atoms with Crippen LogP contribution in [0.5, 0.6) is 5.88 Å². The van der Waals surface area contributed by atoms with Gasteiger partial charge in [0.25, 0.3) is 0 Å². The van der Waals surface area contributed by atoms with E-state index in [4.69, 9.17) is 0 Å². The predicted molar refractivity (Wildman–Crippen MR) is 121 cm³/mol. The van der Waals surface area contributed by atoms with Crippen molar-refractivity contribution in [3.05, 3.63) is 18.0 Å². The van der Waals surface area contributed by atoms with Crippen molar-refractivity contribution in [2.24, 2.45) is 11.8 Å². The Bertz CT molecular complexity index is 1140.